The van der Waals surface area contributed by atoms with Crippen LogP contribution < -0.4 is 0 Å². The van der Waals surface area contributed by atoms with Crippen molar-refractivity contribution >= 4 is 5.78 Å². The Hall–Kier alpha value is -0.890. The molecule has 2 fully saturated rings. The van der Waals surface area contributed by atoms with Crippen LogP contribution in [-0.4, -0.2) is 17.5 Å². The van der Waals surface area contributed by atoms with Crippen molar-refractivity contribution in [3.8, 4) is 0 Å². The third-order valence-electron chi connectivity index (χ3n) is 6.28. The second kappa shape index (κ2) is 6.31. The van der Waals surface area contributed by atoms with Crippen molar-refractivity contribution in [3.05, 3.63) is 23.8 Å². The summed E-state index contributed by atoms with van der Waals surface area (Å²) in [5.41, 5.74) is 2.75. The molecule has 22 heavy (non-hydrogen) atoms. The van der Waals surface area contributed by atoms with Gasteiger partial charge in [-0.15, -0.1) is 0 Å². The molecule has 0 saturated heterocycles. The lowest BCUT2D eigenvalue weighted by Crippen LogP contribution is -2.52. The van der Waals surface area contributed by atoms with Crippen LogP contribution in [-0.2, 0) is 4.79 Å². The monoisotopic (exact) mass is 304 g/mol. The van der Waals surface area contributed by atoms with Crippen LogP contribution in [0.2, 0.25) is 0 Å². The van der Waals surface area contributed by atoms with Gasteiger partial charge in [-0.3, -0.25) is 4.79 Å². The fourth-order valence-corrected chi connectivity index (χ4v) is 5.36. The van der Waals surface area contributed by atoms with E-state index in [1.807, 2.05) is 6.08 Å². The molecule has 0 heterocycles. The van der Waals surface area contributed by atoms with Crippen molar-refractivity contribution in [3.63, 3.8) is 0 Å². The first-order valence-electron chi connectivity index (χ1n) is 8.66. The summed E-state index contributed by atoms with van der Waals surface area (Å²) in [6.45, 7) is 13.4. The Kier molecular flexibility index (Phi) is 5.01. The third-order valence-corrected chi connectivity index (χ3v) is 6.28. The van der Waals surface area contributed by atoms with Gasteiger partial charge in [-0.05, 0) is 55.3 Å². The quantitative estimate of drug-likeness (QED) is 0.765. The summed E-state index contributed by atoms with van der Waals surface area (Å²) in [5, 5.41) is 9.03. The first kappa shape index (κ1) is 17.5. The van der Waals surface area contributed by atoms with Crippen LogP contribution in [0, 0.1) is 22.7 Å². The average Bonchev–Trinajstić information content (AvgIpc) is 2.35. The van der Waals surface area contributed by atoms with Crippen LogP contribution in [0.15, 0.2) is 23.8 Å². The van der Waals surface area contributed by atoms with E-state index in [2.05, 4.69) is 34.3 Å². The number of ketones is 1. The normalized spacial score (nSPS) is 35.4. The van der Waals surface area contributed by atoms with Gasteiger partial charge in [0.25, 0.3) is 0 Å². The number of hydrogen-bond acceptors (Lipinski definition) is 2. The largest absolute Gasteiger partial charge is 0.392 e. The maximum absolute atomic E-state index is 12.4. The molecule has 3 atom stereocenters. The summed E-state index contributed by atoms with van der Waals surface area (Å²) < 4.78 is 0. The SMILES string of the molecule is C=C1CC[C@@H]2C(C)(C)CC(=O)C[C@@]2(C)[C@@H]1CC/C(C)=C/CO. The molecule has 0 aromatic rings. The number of Topliss-reactive ketones (excluding diaryl/α,β-unsaturated/α-hetero) is 1. The van der Waals surface area contributed by atoms with Crippen molar-refractivity contribution < 1.29 is 9.90 Å². The Morgan fingerprint density at radius 2 is 2.05 bits per heavy atom. The number of carbonyl (C=O) groups excluding carboxylic acids is 1. The summed E-state index contributed by atoms with van der Waals surface area (Å²) in [7, 11) is 0. The number of rotatable bonds is 4. The predicted octanol–water partition coefficient (Wildman–Crippen LogP) is 4.68. The molecule has 2 heteroatoms. The molecular weight excluding hydrogens is 272 g/mol. The molecule has 0 unspecified atom stereocenters. The van der Waals surface area contributed by atoms with Crippen LogP contribution >= 0.6 is 0 Å². The topological polar surface area (TPSA) is 37.3 Å². The van der Waals surface area contributed by atoms with E-state index < -0.39 is 0 Å². The van der Waals surface area contributed by atoms with Crippen molar-refractivity contribution in [2.75, 3.05) is 6.61 Å². The number of aliphatic hydroxyl groups is 1. The fraction of sp³-hybridized carbons (Fsp3) is 0.750. The summed E-state index contributed by atoms with van der Waals surface area (Å²) >= 11 is 0. The fourth-order valence-electron chi connectivity index (χ4n) is 5.36. The molecule has 0 aliphatic heterocycles. The second-order valence-corrected chi connectivity index (χ2v) is 8.46. The van der Waals surface area contributed by atoms with E-state index in [-0.39, 0.29) is 17.4 Å². The summed E-state index contributed by atoms with van der Waals surface area (Å²) in [6.07, 6.45) is 7.66. The van der Waals surface area contributed by atoms with Crippen molar-refractivity contribution in [2.24, 2.45) is 22.7 Å². The summed E-state index contributed by atoms with van der Waals surface area (Å²) in [6, 6.07) is 0. The lowest BCUT2D eigenvalue weighted by molar-refractivity contribution is -0.138. The molecule has 124 valence electrons. The minimum atomic E-state index is 0.0632. The van der Waals surface area contributed by atoms with Crippen LogP contribution in [0.1, 0.15) is 66.2 Å². The number of fused-ring (bicyclic) bond motifs is 1. The van der Waals surface area contributed by atoms with Crippen LogP contribution in [0.5, 0.6) is 0 Å². The van der Waals surface area contributed by atoms with Gasteiger partial charge < -0.3 is 5.11 Å². The Bertz CT molecular complexity index is 486. The van der Waals surface area contributed by atoms with Gasteiger partial charge in [0.05, 0.1) is 6.61 Å². The molecule has 2 aliphatic rings. The molecule has 0 bridgehead atoms. The highest BCUT2D eigenvalue weighted by atomic mass is 16.2. The molecule has 0 aromatic heterocycles. The highest BCUT2D eigenvalue weighted by molar-refractivity contribution is 5.81. The summed E-state index contributed by atoms with van der Waals surface area (Å²) in [4.78, 5) is 12.4. The highest BCUT2D eigenvalue weighted by Crippen LogP contribution is 2.60. The molecule has 0 radical (unpaired) electrons. The molecule has 2 rings (SSSR count). The van der Waals surface area contributed by atoms with E-state index >= 15 is 0 Å². The third kappa shape index (κ3) is 3.22. The number of aliphatic hydroxyl groups excluding tert-OH is 1. The Morgan fingerprint density at radius 1 is 1.36 bits per heavy atom. The number of allylic oxidation sites excluding steroid dienone is 2. The zero-order valence-corrected chi connectivity index (χ0v) is 14.7. The van der Waals surface area contributed by atoms with E-state index in [4.69, 9.17) is 5.11 Å². The number of hydrogen-bond donors (Lipinski definition) is 1. The number of carbonyl (C=O) groups is 1. The molecule has 0 spiro atoms. The molecule has 2 saturated carbocycles. The van der Waals surface area contributed by atoms with Gasteiger partial charge in [0.15, 0.2) is 0 Å². The van der Waals surface area contributed by atoms with Gasteiger partial charge in [0, 0.05) is 12.8 Å². The van der Waals surface area contributed by atoms with E-state index in [1.165, 1.54) is 17.6 Å². The Morgan fingerprint density at radius 3 is 2.68 bits per heavy atom. The molecule has 1 N–H and O–H groups in total. The van der Waals surface area contributed by atoms with Crippen LogP contribution in [0.25, 0.3) is 0 Å². The Balaban J connectivity index is 2.25. The van der Waals surface area contributed by atoms with Crippen molar-refractivity contribution in [1.29, 1.82) is 0 Å². The zero-order valence-electron chi connectivity index (χ0n) is 14.7. The van der Waals surface area contributed by atoms with Gasteiger partial charge in [-0.1, -0.05) is 44.6 Å². The second-order valence-electron chi connectivity index (χ2n) is 8.46. The van der Waals surface area contributed by atoms with E-state index in [0.29, 0.717) is 24.0 Å². The standard InChI is InChI=1S/C20H32O2/c1-14(10-11-21)6-8-17-15(2)7-9-18-19(3,4)12-16(22)13-20(17,18)5/h10,17-18,21H,2,6-9,11-13H2,1,3-5H3/b14-10+/t17-,18-,20+/m1/s1. The Labute approximate surface area is 135 Å². The van der Waals surface area contributed by atoms with Crippen molar-refractivity contribution in [1.82, 2.24) is 0 Å². The first-order valence-corrected chi connectivity index (χ1v) is 8.66. The smallest absolute Gasteiger partial charge is 0.134 e. The van der Waals surface area contributed by atoms with Crippen molar-refractivity contribution in [2.45, 2.75) is 66.2 Å². The molecule has 2 nitrogen and oxygen atoms in total. The first-order chi connectivity index (χ1) is 10.2. The predicted molar refractivity (Wildman–Crippen MR) is 91.6 cm³/mol. The van der Waals surface area contributed by atoms with E-state index in [0.717, 1.165) is 25.7 Å². The summed E-state index contributed by atoms with van der Waals surface area (Å²) in [5.74, 6) is 1.46. The zero-order chi connectivity index (χ0) is 16.5. The molecule has 0 aromatic carbocycles. The van der Waals surface area contributed by atoms with Gasteiger partial charge in [-0.25, -0.2) is 0 Å². The van der Waals surface area contributed by atoms with Gasteiger partial charge in [-0.2, -0.15) is 0 Å². The van der Waals surface area contributed by atoms with E-state index in [1.54, 1.807) is 0 Å². The van der Waals surface area contributed by atoms with E-state index in [9.17, 15) is 4.79 Å². The lowest BCUT2D eigenvalue weighted by Gasteiger charge is -2.57. The molecular formula is C20H32O2. The minimum absolute atomic E-state index is 0.0632. The maximum atomic E-state index is 12.4. The molecule has 2 aliphatic carbocycles. The average molecular weight is 304 g/mol. The highest BCUT2D eigenvalue weighted by Gasteiger charge is 2.54. The van der Waals surface area contributed by atoms with Crippen LogP contribution in [0.3, 0.4) is 0 Å². The maximum Gasteiger partial charge on any atom is 0.134 e. The molecule has 0 amide bonds. The minimum Gasteiger partial charge on any atom is -0.392 e. The van der Waals surface area contributed by atoms with Gasteiger partial charge in [0.2, 0.25) is 0 Å². The lowest BCUT2D eigenvalue weighted by atomic mass is 9.47. The van der Waals surface area contributed by atoms with Crippen LogP contribution in [0.4, 0.5) is 0 Å². The van der Waals surface area contributed by atoms with Gasteiger partial charge in [0.1, 0.15) is 5.78 Å². The van der Waals surface area contributed by atoms with Gasteiger partial charge >= 0.3 is 0 Å².